The molecule has 0 saturated carbocycles. The first kappa shape index (κ1) is 17.8. The van der Waals surface area contributed by atoms with Gasteiger partial charge in [0.05, 0.1) is 24.1 Å². The number of hydrogen-bond donors (Lipinski definition) is 0. The molecule has 2 heterocycles. The smallest absolute Gasteiger partial charge is 0.257 e. The highest BCUT2D eigenvalue weighted by Gasteiger charge is 2.23. The standard InChI is InChI=1S/C23H21N3O2/c1-17-9-6-7-13-20(17)22-21(16-26(24-22)18-10-4-3-5-11-18)23(27)25(2)15-19-12-8-14-28-19/h3-14,16H,15H2,1-2H3. The van der Waals surface area contributed by atoms with Crippen LogP contribution in [-0.2, 0) is 6.54 Å². The van der Waals surface area contributed by atoms with Gasteiger partial charge in [-0.05, 0) is 36.8 Å². The number of aromatic nitrogens is 2. The lowest BCUT2D eigenvalue weighted by Gasteiger charge is -2.15. The van der Waals surface area contributed by atoms with Crippen molar-refractivity contribution < 1.29 is 9.21 Å². The third-order valence-electron chi connectivity index (χ3n) is 4.69. The van der Waals surface area contributed by atoms with Crippen molar-refractivity contribution in [3.8, 4) is 16.9 Å². The van der Waals surface area contributed by atoms with Crippen molar-refractivity contribution >= 4 is 5.91 Å². The maximum Gasteiger partial charge on any atom is 0.257 e. The second-order valence-corrected chi connectivity index (χ2v) is 6.73. The minimum Gasteiger partial charge on any atom is -0.467 e. The molecule has 0 bridgehead atoms. The second kappa shape index (κ2) is 7.56. The highest BCUT2D eigenvalue weighted by atomic mass is 16.3. The topological polar surface area (TPSA) is 51.3 Å². The van der Waals surface area contributed by atoms with Crippen molar-refractivity contribution in [1.82, 2.24) is 14.7 Å². The molecular weight excluding hydrogens is 350 g/mol. The van der Waals surface area contributed by atoms with Gasteiger partial charge in [0.25, 0.3) is 5.91 Å². The molecule has 4 rings (SSSR count). The number of aryl methyl sites for hydroxylation is 1. The van der Waals surface area contributed by atoms with E-state index in [1.807, 2.05) is 73.7 Å². The maximum atomic E-state index is 13.3. The third kappa shape index (κ3) is 3.47. The molecule has 28 heavy (non-hydrogen) atoms. The molecule has 0 unspecified atom stereocenters. The third-order valence-corrected chi connectivity index (χ3v) is 4.69. The molecular formula is C23H21N3O2. The Bertz CT molecular complexity index is 1080. The molecule has 0 aliphatic carbocycles. The van der Waals surface area contributed by atoms with E-state index in [0.717, 1.165) is 22.6 Å². The average molecular weight is 371 g/mol. The van der Waals surface area contributed by atoms with Crippen molar-refractivity contribution in [2.75, 3.05) is 7.05 Å². The van der Waals surface area contributed by atoms with E-state index in [9.17, 15) is 4.79 Å². The lowest BCUT2D eigenvalue weighted by atomic mass is 10.0. The number of amides is 1. The van der Waals surface area contributed by atoms with Crippen LogP contribution in [0.25, 0.3) is 16.9 Å². The van der Waals surface area contributed by atoms with E-state index < -0.39 is 0 Å². The molecule has 4 aromatic rings. The molecule has 1 amide bonds. The van der Waals surface area contributed by atoms with E-state index in [4.69, 9.17) is 9.52 Å². The van der Waals surface area contributed by atoms with E-state index in [1.165, 1.54) is 0 Å². The van der Waals surface area contributed by atoms with Crippen molar-refractivity contribution in [3.63, 3.8) is 0 Å². The zero-order valence-corrected chi connectivity index (χ0v) is 15.9. The Hall–Kier alpha value is -3.60. The van der Waals surface area contributed by atoms with Crippen LogP contribution in [0.5, 0.6) is 0 Å². The Kier molecular flexibility index (Phi) is 4.81. The molecule has 0 spiro atoms. The summed E-state index contributed by atoms with van der Waals surface area (Å²) in [5, 5.41) is 4.76. The fourth-order valence-electron chi connectivity index (χ4n) is 3.19. The zero-order chi connectivity index (χ0) is 19.5. The van der Waals surface area contributed by atoms with Gasteiger partial charge < -0.3 is 9.32 Å². The number of hydrogen-bond acceptors (Lipinski definition) is 3. The number of nitrogens with zero attached hydrogens (tertiary/aromatic N) is 3. The first-order chi connectivity index (χ1) is 13.6. The lowest BCUT2D eigenvalue weighted by molar-refractivity contribution is 0.0776. The van der Waals surface area contributed by atoms with Gasteiger partial charge in [-0.25, -0.2) is 4.68 Å². The number of carbonyl (C=O) groups excluding carboxylic acids is 1. The van der Waals surface area contributed by atoms with Gasteiger partial charge in [-0.1, -0.05) is 42.5 Å². The number of furan rings is 1. The highest BCUT2D eigenvalue weighted by molar-refractivity contribution is 6.00. The predicted molar refractivity (Wildman–Crippen MR) is 108 cm³/mol. The SMILES string of the molecule is Cc1ccccc1-c1nn(-c2ccccc2)cc1C(=O)N(C)Cc1ccco1. The molecule has 0 aliphatic rings. The van der Waals surface area contributed by atoms with Crippen molar-refractivity contribution in [1.29, 1.82) is 0 Å². The van der Waals surface area contributed by atoms with Crippen LogP contribution in [0.1, 0.15) is 21.7 Å². The van der Waals surface area contributed by atoms with Gasteiger partial charge in [-0.15, -0.1) is 0 Å². The van der Waals surface area contributed by atoms with Gasteiger partial charge in [0, 0.05) is 18.8 Å². The minimum atomic E-state index is -0.100. The molecule has 0 saturated heterocycles. The zero-order valence-electron chi connectivity index (χ0n) is 15.9. The van der Waals surface area contributed by atoms with Crippen LogP contribution < -0.4 is 0 Å². The van der Waals surface area contributed by atoms with Gasteiger partial charge in [0.1, 0.15) is 11.5 Å². The maximum absolute atomic E-state index is 13.3. The van der Waals surface area contributed by atoms with Gasteiger partial charge in [-0.2, -0.15) is 5.10 Å². The van der Waals surface area contributed by atoms with Gasteiger partial charge in [0.15, 0.2) is 0 Å². The molecule has 5 nitrogen and oxygen atoms in total. The van der Waals surface area contributed by atoms with Crippen LogP contribution in [0.4, 0.5) is 0 Å². The number of carbonyl (C=O) groups is 1. The predicted octanol–water partition coefficient (Wildman–Crippen LogP) is 4.71. The first-order valence-corrected chi connectivity index (χ1v) is 9.12. The molecule has 2 aromatic heterocycles. The molecule has 0 fully saturated rings. The fraction of sp³-hybridized carbons (Fsp3) is 0.130. The van der Waals surface area contributed by atoms with Gasteiger partial charge in [-0.3, -0.25) is 4.79 Å². The number of rotatable bonds is 5. The van der Waals surface area contributed by atoms with Crippen molar-refractivity contribution in [2.24, 2.45) is 0 Å². The Morgan fingerprint density at radius 3 is 2.50 bits per heavy atom. The summed E-state index contributed by atoms with van der Waals surface area (Å²) in [7, 11) is 1.77. The number of para-hydroxylation sites is 1. The molecule has 140 valence electrons. The van der Waals surface area contributed by atoms with Crippen LogP contribution in [0.3, 0.4) is 0 Å². The summed E-state index contributed by atoms with van der Waals surface area (Å²) in [5.74, 6) is 0.639. The van der Waals surface area contributed by atoms with Gasteiger partial charge >= 0.3 is 0 Å². The first-order valence-electron chi connectivity index (χ1n) is 9.12. The summed E-state index contributed by atoms with van der Waals surface area (Å²) in [4.78, 5) is 14.9. The Balaban J connectivity index is 1.77. The number of benzene rings is 2. The molecule has 2 aromatic carbocycles. The normalized spacial score (nSPS) is 10.8. The lowest BCUT2D eigenvalue weighted by Crippen LogP contribution is -2.26. The van der Waals surface area contributed by atoms with Crippen LogP contribution in [0, 0.1) is 6.92 Å². The largest absolute Gasteiger partial charge is 0.467 e. The van der Waals surface area contributed by atoms with Gasteiger partial charge in [0.2, 0.25) is 0 Å². The van der Waals surface area contributed by atoms with E-state index in [1.54, 1.807) is 29.1 Å². The summed E-state index contributed by atoms with van der Waals surface area (Å²) in [6, 6.07) is 21.4. The van der Waals surface area contributed by atoms with E-state index in [0.29, 0.717) is 17.8 Å². The molecule has 0 radical (unpaired) electrons. The quantitative estimate of drug-likeness (QED) is 0.510. The van der Waals surface area contributed by atoms with Crippen molar-refractivity contribution in [2.45, 2.75) is 13.5 Å². The molecule has 0 aliphatic heterocycles. The molecule has 0 N–H and O–H groups in total. The fourth-order valence-corrected chi connectivity index (χ4v) is 3.19. The average Bonchev–Trinajstić information content (AvgIpc) is 3.38. The summed E-state index contributed by atoms with van der Waals surface area (Å²) in [5.41, 5.74) is 4.17. The minimum absolute atomic E-state index is 0.100. The van der Waals surface area contributed by atoms with E-state index in [-0.39, 0.29) is 5.91 Å². The van der Waals surface area contributed by atoms with E-state index in [2.05, 4.69) is 0 Å². The van der Waals surface area contributed by atoms with Crippen LogP contribution in [0.15, 0.2) is 83.6 Å². The monoisotopic (exact) mass is 371 g/mol. The molecule has 5 heteroatoms. The van der Waals surface area contributed by atoms with Crippen LogP contribution in [0.2, 0.25) is 0 Å². The summed E-state index contributed by atoms with van der Waals surface area (Å²) >= 11 is 0. The Morgan fingerprint density at radius 2 is 1.79 bits per heavy atom. The Labute approximate surface area is 163 Å². The second-order valence-electron chi connectivity index (χ2n) is 6.73. The Morgan fingerprint density at radius 1 is 1.04 bits per heavy atom. The van der Waals surface area contributed by atoms with Crippen molar-refractivity contribution in [3.05, 3.63) is 96.1 Å². The molecule has 0 atom stereocenters. The summed E-state index contributed by atoms with van der Waals surface area (Å²) in [6.07, 6.45) is 3.41. The summed E-state index contributed by atoms with van der Waals surface area (Å²) < 4.78 is 7.14. The van der Waals surface area contributed by atoms with E-state index >= 15 is 0 Å². The van der Waals surface area contributed by atoms with Crippen LogP contribution >= 0.6 is 0 Å². The highest BCUT2D eigenvalue weighted by Crippen LogP contribution is 2.27. The summed E-state index contributed by atoms with van der Waals surface area (Å²) in [6.45, 7) is 2.42. The van der Waals surface area contributed by atoms with Crippen LogP contribution in [-0.4, -0.2) is 27.6 Å².